The second kappa shape index (κ2) is 6.33. The molecule has 1 atom stereocenters. The van der Waals surface area contributed by atoms with Gasteiger partial charge in [0.2, 0.25) is 0 Å². The monoisotopic (exact) mass is 247 g/mol. The molecule has 0 fully saturated rings. The van der Waals surface area contributed by atoms with Gasteiger partial charge in [0.1, 0.15) is 0 Å². The standard InChI is InChI=1S/C11H15Cl2NO/c1-14-10(7-15-2)6-8-5-9(12)3-4-11(8)13/h3-5,10,14H,6-7H2,1-2H3. The van der Waals surface area contributed by atoms with Crippen molar-refractivity contribution < 1.29 is 4.74 Å². The summed E-state index contributed by atoms with van der Waals surface area (Å²) < 4.78 is 5.10. The van der Waals surface area contributed by atoms with Crippen LogP contribution in [0.4, 0.5) is 0 Å². The molecule has 0 saturated carbocycles. The van der Waals surface area contributed by atoms with Crippen molar-refractivity contribution in [3.63, 3.8) is 0 Å². The first-order valence-electron chi connectivity index (χ1n) is 4.77. The maximum absolute atomic E-state index is 6.07. The zero-order valence-electron chi connectivity index (χ0n) is 8.89. The van der Waals surface area contributed by atoms with Gasteiger partial charge in [-0.2, -0.15) is 0 Å². The van der Waals surface area contributed by atoms with Gasteiger partial charge in [0.25, 0.3) is 0 Å². The highest BCUT2D eigenvalue weighted by Gasteiger charge is 2.09. The fourth-order valence-corrected chi connectivity index (χ4v) is 1.80. The predicted octanol–water partition coefficient (Wildman–Crippen LogP) is 2.77. The zero-order chi connectivity index (χ0) is 11.3. The number of hydrogen-bond acceptors (Lipinski definition) is 2. The number of rotatable bonds is 5. The van der Waals surface area contributed by atoms with E-state index in [4.69, 9.17) is 27.9 Å². The van der Waals surface area contributed by atoms with E-state index in [0.29, 0.717) is 11.6 Å². The van der Waals surface area contributed by atoms with Gasteiger partial charge in [-0.15, -0.1) is 0 Å². The van der Waals surface area contributed by atoms with Gasteiger partial charge < -0.3 is 10.1 Å². The molecule has 0 bridgehead atoms. The Labute approximate surface area is 101 Å². The average Bonchev–Trinajstić information content (AvgIpc) is 2.22. The molecule has 1 rings (SSSR count). The maximum atomic E-state index is 6.07. The molecular formula is C11H15Cl2NO. The van der Waals surface area contributed by atoms with Crippen molar-refractivity contribution in [2.45, 2.75) is 12.5 Å². The van der Waals surface area contributed by atoms with Crippen molar-refractivity contribution in [2.24, 2.45) is 0 Å². The Bertz CT molecular complexity index is 317. The highest BCUT2D eigenvalue weighted by molar-refractivity contribution is 6.33. The molecule has 1 aromatic rings. The smallest absolute Gasteiger partial charge is 0.0618 e. The molecule has 0 aliphatic carbocycles. The number of ether oxygens (including phenoxy) is 1. The van der Waals surface area contributed by atoms with Crippen LogP contribution in [-0.4, -0.2) is 26.8 Å². The van der Waals surface area contributed by atoms with Gasteiger partial charge in [0.15, 0.2) is 0 Å². The van der Waals surface area contributed by atoms with Crippen LogP contribution in [0.15, 0.2) is 18.2 Å². The third kappa shape index (κ3) is 3.99. The van der Waals surface area contributed by atoms with Crippen molar-refractivity contribution >= 4 is 23.2 Å². The van der Waals surface area contributed by atoms with Gasteiger partial charge in [-0.3, -0.25) is 0 Å². The Morgan fingerprint density at radius 3 is 2.73 bits per heavy atom. The first-order valence-corrected chi connectivity index (χ1v) is 5.53. The van der Waals surface area contributed by atoms with Gasteiger partial charge in [-0.25, -0.2) is 0 Å². The summed E-state index contributed by atoms with van der Waals surface area (Å²) in [6.07, 6.45) is 0.809. The average molecular weight is 248 g/mol. The topological polar surface area (TPSA) is 21.3 Å². The molecule has 1 aromatic carbocycles. The number of halogens is 2. The molecule has 0 aliphatic rings. The fourth-order valence-electron chi connectivity index (χ4n) is 1.41. The number of hydrogen-bond donors (Lipinski definition) is 1. The zero-order valence-corrected chi connectivity index (χ0v) is 10.4. The quantitative estimate of drug-likeness (QED) is 0.865. The van der Waals surface area contributed by atoms with Gasteiger partial charge in [0, 0.05) is 23.2 Å². The molecule has 0 radical (unpaired) electrons. The van der Waals surface area contributed by atoms with Crippen molar-refractivity contribution in [1.82, 2.24) is 5.32 Å². The lowest BCUT2D eigenvalue weighted by atomic mass is 10.1. The van der Waals surface area contributed by atoms with Crippen LogP contribution in [0.2, 0.25) is 10.0 Å². The highest BCUT2D eigenvalue weighted by atomic mass is 35.5. The van der Waals surface area contributed by atoms with Crippen molar-refractivity contribution in [1.29, 1.82) is 0 Å². The number of nitrogens with one attached hydrogen (secondary N) is 1. The van der Waals surface area contributed by atoms with E-state index in [1.165, 1.54) is 0 Å². The van der Waals surface area contributed by atoms with Gasteiger partial charge in [0.05, 0.1) is 6.61 Å². The predicted molar refractivity (Wildman–Crippen MR) is 64.9 cm³/mol. The SMILES string of the molecule is CNC(COC)Cc1cc(Cl)ccc1Cl. The highest BCUT2D eigenvalue weighted by Crippen LogP contribution is 2.21. The lowest BCUT2D eigenvalue weighted by Gasteiger charge is -2.16. The number of methoxy groups -OCH3 is 1. The van der Waals surface area contributed by atoms with E-state index < -0.39 is 0 Å². The first kappa shape index (κ1) is 12.8. The Hall–Kier alpha value is -0.280. The van der Waals surface area contributed by atoms with Crippen molar-refractivity contribution in [3.8, 4) is 0 Å². The third-order valence-electron chi connectivity index (χ3n) is 2.25. The molecule has 1 N–H and O–H groups in total. The van der Waals surface area contributed by atoms with E-state index in [9.17, 15) is 0 Å². The molecule has 0 spiro atoms. The summed E-state index contributed by atoms with van der Waals surface area (Å²) in [5.41, 5.74) is 1.04. The minimum absolute atomic E-state index is 0.256. The van der Waals surface area contributed by atoms with E-state index in [-0.39, 0.29) is 6.04 Å². The normalized spacial score (nSPS) is 12.8. The van der Waals surface area contributed by atoms with E-state index >= 15 is 0 Å². The Morgan fingerprint density at radius 2 is 2.13 bits per heavy atom. The summed E-state index contributed by atoms with van der Waals surface area (Å²) in [6.45, 7) is 0.652. The van der Waals surface area contributed by atoms with E-state index in [0.717, 1.165) is 17.0 Å². The molecule has 0 amide bonds. The first-order chi connectivity index (χ1) is 7.17. The second-order valence-corrected chi connectivity index (χ2v) is 4.22. The molecule has 1 unspecified atom stereocenters. The van der Waals surface area contributed by atoms with Crippen LogP contribution in [0.3, 0.4) is 0 Å². The molecule has 0 aliphatic heterocycles. The van der Waals surface area contributed by atoms with Crippen LogP contribution >= 0.6 is 23.2 Å². The van der Waals surface area contributed by atoms with Gasteiger partial charge in [-0.05, 0) is 37.2 Å². The van der Waals surface area contributed by atoms with E-state index in [1.807, 2.05) is 19.2 Å². The lowest BCUT2D eigenvalue weighted by molar-refractivity contribution is 0.169. The Morgan fingerprint density at radius 1 is 1.40 bits per heavy atom. The summed E-state index contributed by atoms with van der Waals surface area (Å²) in [7, 11) is 3.59. The van der Waals surface area contributed by atoms with Crippen LogP contribution in [0, 0.1) is 0 Å². The van der Waals surface area contributed by atoms with Crippen LogP contribution < -0.4 is 5.32 Å². The Kier molecular flexibility index (Phi) is 5.40. The van der Waals surface area contributed by atoms with Crippen LogP contribution in [0.1, 0.15) is 5.56 Å². The fraction of sp³-hybridized carbons (Fsp3) is 0.455. The van der Waals surface area contributed by atoms with Crippen LogP contribution in [-0.2, 0) is 11.2 Å². The third-order valence-corrected chi connectivity index (χ3v) is 2.85. The lowest BCUT2D eigenvalue weighted by Crippen LogP contribution is -2.32. The van der Waals surface area contributed by atoms with Crippen molar-refractivity contribution in [2.75, 3.05) is 20.8 Å². The molecular weight excluding hydrogens is 233 g/mol. The minimum Gasteiger partial charge on any atom is -0.383 e. The molecule has 84 valence electrons. The van der Waals surface area contributed by atoms with E-state index in [2.05, 4.69) is 5.32 Å². The maximum Gasteiger partial charge on any atom is 0.0618 e. The number of likely N-dealkylation sites (N-methyl/N-ethyl adjacent to an activating group) is 1. The van der Waals surface area contributed by atoms with Gasteiger partial charge >= 0.3 is 0 Å². The summed E-state index contributed by atoms with van der Waals surface area (Å²) >= 11 is 12.0. The molecule has 0 aromatic heterocycles. The summed E-state index contributed by atoms with van der Waals surface area (Å²) in [5, 5.41) is 4.63. The largest absolute Gasteiger partial charge is 0.383 e. The minimum atomic E-state index is 0.256. The Balaban J connectivity index is 2.73. The molecule has 2 nitrogen and oxygen atoms in total. The van der Waals surface area contributed by atoms with E-state index in [1.54, 1.807) is 13.2 Å². The van der Waals surface area contributed by atoms with Crippen LogP contribution in [0.25, 0.3) is 0 Å². The summed E-state index contributed by atoms with van der Waals surface area (Å²) in [4.78, 5) is 0. The van der Waals surface area contributed by atoms with Gasteiger partial charge in [-0.1, -0.05) is 23.2 Å². The van der Waals surface area contributed by atoms with Crippen molar-refractivity contribution in [3.05, 3.63) is 33.8 Å². The molecule has 15 heavy (non-hydrogen) atoms. The molecule has 0 heterocycles. The number of benzene rings is 1. The second-order valence-electron chi connectivity index (χ2n) is 3.38. The molecule has 0 saturated heterocycles. The molecule has 4 heteroatoms. The van der Waals surface area contributed by atoms with Crippen LogP contribution in [0.5, 0.6) is 0 Å². The summed E-state index contributed by atoms with van der Waals surface area (Å²) in [6, 6.07) is 5.76. The summed E-state index contributed by atoms with van der Waals surface area (Å²) in [5.74, 6) is 0.